The first kappa shape index (κ1) is 37.5. The number of imide groups is 1. The van der Waals surface area contributed by atoms with Crippen LogP contribution in [0.4, 0.5) is 0 Å². The van der Waals surface area contributed by atoms with Crippen LogP contribution < -0.4 is 26.6 Å². The summed E-state index contributed by atoms with van der Waals surface area (Å²) in [6.45, 7) is 3.54. The Morgan fingerprint density at radius 1 is 0.848 bits per heavy atom. The van der Waals surface area contributed by atoms with Crippen molar-refractivity contribution in [1.82, 2.24) is 31.5 Å². The Balaban J connectivity index is 1.70. The number of rotatable bonds is 20. The van der Waals surface area contributed by atoms with E-state index in [9.17, 15) is 38.4 Å². The van der Waals surface area contributed by atoms with Crippen LogP contribution in [-0.4, -0.2) is 97.1 Å². The van der Waals surface area contributed by atoms with Crippen molar-refractivity contribution in [2.45, 2.75) is 71.4 Å². The fourth-order valence-electron chi connectivity index (χ4n) is 4.35. The van der Waals surface area contributed by atoms with Gasteiger partial charge in [0.05, 0.1) is 19.6 Å². The second-order valence-corrected chi connectivity index (χ2v) is 11.0. The van der Waals surface area contributed by atoms with Gasteiger partial charge in [-0.2, -0.15) is 0 Å². The fourth-order valence-corrected chi connectivity index (χ4v) is 4.35. The van der Waals surface area contributed by atoms with Crippen LogP contribution in [0.1, 0.15) is 58.4 Å². The summed E-state index contributed by atoms with van der Waals surface area (Å²) in [6, 6.07) is 7.83. The molecule has 1 heterocycles. The third-order valence-corrected chi connectivity index (χ3v) is 7.18. The quantitative estimate of drug-likeness (QED) is 0.0675. The lowest BCUT2D eigenvalue weighted by Gasteiger charge is -2.19. The summed E-state index contributed by atoms with van der Waals surface area (Å²) in [5.74, 6) is -3.63. The number of nitrogens with one attached hydrogen (secondary N) is 5. The molecule has 1 fully saturated rings. The predicted octanol–water partition coefficient (Wildman–Crippen LogP) is -0.914. The molecule has 0 bridgehead atoms. The number of carbonyl (C=O) groups is 8. The molecule has 0 saturated carbocycles. The molecule has 3 atom stereocenters. The molecule has 1 aromatic carbocycles. The lowest BCUT2D eigenvalue weighted by Crippen LogP contribution is -2.52. The van der Waals surface area contributed by atoms with Gasteiger partial charge in [-0.15, -0.1) is 0 Å². The molecule has 15 nitrogen and oxygen atoms in total. The summed E-state index contributed by atoms with van der Waals surface area (Å²) in [5, 5.41) is 12.3. The number of ether oxygens (including phenoxy) is 1. The molecule has 1 aliphatic heterocycles. The number of hydrogen-bond acceptors (Lipinski definition) is 9. The molecule has 2 rings (SSSR count). The van der Waals surface area contributed by atoms with Crippen LogP contribution in [-0.2, 0) is 49.5 Å². The molecule has 0 spiro atoms. The molecule has 1 unspecified atom stereocenters. The summed E-state index contributed by atoms with van der Waals surface area (Å²) in [7, 11) is 0. The summed E-state index contributed by atoms with van der Waals surface area (Å²) in [4.78, 5) is 98.0. The molecule has 1 aromatic rings. The van der Waals surface area contributed by atoms with Crippen LogP contribution in [0.25, 0.3) is 0 Å². The van der Waals surface area contributed by atoms with Gasteiger partial charge in [0.1, 0.15) is 18.9 Å². The van der Waals surface area contributed by atoms with Gasteiger partial charge in [0.15, 0.2) is 5.78 Å². The van der Waals surface area contributed by atoms with Crippen LogP contribution >= 0.6 is 0 Å². The Hall–Kier alpha value is -4.66. The number of carbonyl (C=O) groups excluding carboxylic acids is 8. The van der Waals surface area contributed by atoms with E-state index in [4.69, 9.17) is 4.74 Å². The first-order chi connectivity index (χ1) is 21.9. The maximum atomic E-state index is 12.9. The minimum Gasteiger partial charge on any atom is -0.351 e. The molecular weight excluding hydrogens is 600 g/mol. The second-order valence-electron chi connectivity index (χ2n) is 11.0. The smallest absolute Gasteiger partial charge is 0.243 e. The van der Waals surface area contributed by atoms with Crippen molar-refractivity contribution < 1.29 is 43.1 Å². The van der Waals surface area contributed by atoms with Gasteiger partial charge in [0, 0.05) is 31.7 Å². The third-order valence-electron chi connectivity index (χ3n) is 7.18. The Morgan fingerprint density at radius 3 is 2.13 bits per heavy atom. The highest BCUT2D eigenvalue weighted by atomic mass is 16.5. The van der Waals surface area contributed by atoms with Crippen molar-refractivity contribution in [3.05, 3.63) is 35.9 Å². The minimum absolute atomic E-state index is 0.118. The largest absolute Gasteiger partial charge is 0.351 e. The first-order valence-corrected chi connectivity index (χ1v) is 15.2. The highest BCUT2D eigenvalue weighted by Crippen LogP contribution is 2.19. The molecule has 252 valence electrons. The number of hydrogen-bond donors (Lipinski definition) is 5. The highest BCUT2D eigenvalue weighted by molar-refractivity contribution is 6.03. The SMILES string of the molecule is CC(=O)[C@@H](C)OCNC(=O)CNC(=O)[C@H](Cc1ccccc1)NC(=O)CNC(=O)CNC(=O)CCCCCN1C(=O)CC(C)C1=O. The van der Waals surface area contributed by atoms with Crippen molar-refractivity contribution in [1.29, 1.82) is 0 Å². The van der Waals surface area contributed by atoms with Gasteiger partial charge in [0.25, 0.3) is 0 Å². The van der Waals surface area contributed by atoms with Gasteiger partial charge < -0.3 is 31.3 Å². The zero-order valence-electron chi connectivity index (χ0n) is 26.5. The Kier molecular flexibility index (Phi) is 16.0. The van der Waals surface area contributed by atoms with Crippen LogP contribution in [0.5, 0.6) is 0 Å². The van der Waals surface area contributed by atoms with Gasteiger partial charge in [-0.1, -0.05) is 43.7 Å². The minimum atomic E-state index is -1.06. The standard InChI is InChI=1S/C31H44N6O9/c1-20-14-29(43)37(31(20)45)13-9-5-8-12-25(39)32-16-26(40)33-18-28(42)36-24(15-23-10-6-4-7-11-23)30(44)34-17-27(41)35-19-46-22(3)21(2)38/h4,6-7,10-11,20,22,24H,5,8-9,12-19H2,1-3H3,(H,32,39)(H,33,40)(H,34,44)(H,35,41)(H,36,42)/t20?,22-,24+/m1/s1. The molecule has 0 radical (unpaired) electrons. The van der Waals surface area contributed by atoms with Gasteiger partial charge in [0.2, 0.25) is 41.4 Å². The highest BCUT2D eigenvalue weighted by Gasteiger charge is 2.34. The zero-order valence-corrected chi connectivity index (χ0v) is 26.5. The Morgan fingerprint density at radius 2 is 1.48 bits per heavy atom. The number of benzene rings is 1. The molecule has 1 saturated heterocycles. The monoisotopic (exact) mass is 644 g/mol. The Bertz CT molecular complexity index is 1260. The summed E-state index contributed by atoms with van der Waals surface area (Å²) in [6.07, 6.45) is 1.54. The van der Waals surface area contributed by atoms with Crippen molar-refractivity contribution >= 4 is 47.1 Å². The van der Waals surface area contributed by atoms with Crippen LogP contribution in [0.15, 0.2) is 30.3 Å². The van der Waals surface area contributed by atoms with E-state index in [2.05, 4.69) is 26.6 Å². The fraction of sp³-hybridized carbons (Fsp3) is 0.548. The topological polar surface area (TPSA) is 209 Å². The van der Waals surface area contributed by atoms with Gasteiger partial charge >= 0.3 is 0 Å². The van der Waals surface area contributed by atoms with E-state index in [1.165, 1.54) is 11.8 Å². The molecule has 5 N–H and O–H groups in total. The maximum Gasteiger partial charge on any atom is 0.243 e. The van der Waals surface area contributed by atoms with Crippen molar-refractivity contribution in [3.63, 3.8) is 0 Å². The molecule has 15 heteroatoms. The molecule has 0 aliphatic carbocycles. The van der Waals surface area contributed by atoms with Crippen molar-refractivity contribution in [2.24, 2.45) is 5.92 Å². The summed E-state index contributed by atoms with van der Waals surface area (Å²) >= 11 is 0. The number of unbranched alkanes of at least 4 members (excludes halogenated alkanes) is 2. The van der Waals surface area contributed by atoms with Crippen molar-refractivity contribution in [2.75, 3.05) is 32.9 Å². The second kappa shape index (κ2) is 19.7. The zero-order chi connectivity index (χ0) is 34.1. The van der Waals surface area contributed by atoms with E-state index in [-0.39, 0.29) is 62.0 Å². The third kappa shape index (κ3) is 14.0. The van der Waals surface area contributed by atoms with E-state index in [1.54, 1.807) is 44.2 Å². The molecule has 7 amide bonds. The number of amides is 7. The number of ketones is 1. The van der Waals surface area contributed by atoms with Crippen LogP contribution in [0.2, 0.25) is 0 Å². The molecule has 46 heavy (non-hydrogen) atoms. The molecule has 0 aromatic heterocycles. The van der Waals surface area contributed by atoms with Crippen LogP contribution in [0.3, 0.4) is 0 Å². The summed E-state index contributed by atoms with van der Waals surface area (Å²) < 4.78 is 5.16. The normalized spacial score (nSPS) is 15.5. The average molecular weight is 645 g/mol. The molecular formula is C31H44N6O9. The van der Waals surface area contributed by atoms with Gasteiger partial charge in [-0.25, -0.2) is 0 Å². The van der Waals surface area contributed by atoms with Crippen LogP contribution in [0, 0.1) is 5.92 Å². The number of likely N-dealkylation sites (tertiary alicyclic amines) is 1. The lowest BCUT2D eigenvalue weighted by atomic mass is 10.1. The average Bonchev–Trinajstić information content (AvgIpc) is 3.27. The predicted molar refractivity (Wildman–Crippen MR) is 164 cm³/mol. The summed E-state index contributed by atoms with van der Waals surface area (Å²) in [5.41, 5.74) is 0.749. The van der Waals surface area contributed by atoms with Crippen molar-refractivity contribution in [3.8, 4) is 0 Å². The van der Waals surface area contributed by atoms with Gasteiger partial charge in [-0.05, 0) is 32.3 Å². The van der Waals surface area contributed by atoms with Gasteiger partial charge in [-0.3, -0.25) is 43.3 Å². The number of nitrogens with zero attached hydrogens (tertiary/aromatic N) is 1. The van der Waals surface area contributed by atoms with E-state index in [1.807, 2.05) is 0 Å². The molecule has 1 aliphatic rings. The van der Waals surface area contributed by atoms with E-state index in [0.29, 0.717) is 25.8 Å². The van der Waals surface area contributed by atoms with E-state index >= 15 is 0 Å². The number of Topliss-reactive ketones (excluding diaryl/α,β-unsaturated/α-hetero) is 1. The Labute approximate surface area is 267 Å². The first-order valence-electron chi connectivity index (χ1n) is 15.2. The lowest BCUT2D eigenvalue weighted by molar-refractivity contribution is -0.139. The van der Waals surface area contributed by atoms with E-state index in [0.717, 1.165) is 5.56 Å². The maximum absolute atomic E-state index is 12.9. The van der Waals surface area contributed by atoms with E-state index < -0.39 is 48.9 Å².